The lowest BCUT2D eigenvalue weighted by atomic mass is 10.2. The van der Waals surface area contributed by atoms with Crippen molar-refractivity contribution in [3.05, 3.63) is 12.7 Å². The van der Waals surface area contributed by atoms with E-state index in [0.29, 0.717) is 11.5 Å². The molecule has 2 N–H and O–H groups in total. The maximum absolute atomic E-state index is 12.5. The maximum Gasteiger partial charge on any atom is 0.242 e. The molecule has 0 aromatic carbocycles. The molecule has 0 saturated carbocycles. The third-order valence-corrected chi connectivity index (χ3v) is 3.76. The molecule has 0 aliphatic carbocycles. The number of halogens is 2. The first kappa shape index (κ1) is 19.4. The number of fused-ring (bicyclic) bond motifs is 1. The van der Waals surface area contributed by atoms with Gasteiger partial charge >= 0.3 is 0 Å². The van der Waals surface area contributed by atoms with E-state index in [2.05, 4.69) is 32.2 Å². The van der Waals surface area contributed by atoms with E-state index >= 15 is 0 Å². The van der Waals surface area contributed by atoms with Gasteiger partial charge in [0, 0.05) is 32.7 Å². The third-order valence-electron chi connectivity index (χ3n) is 3.76. The van der Waals surface area contributed by atoms with Crippen LogP contribution in [0.4, 0.5) is 5.82 Å². The molecule has 1 fully saturated rings. The average Bonchev–Trinajstić information content (AvgIpc) is 2.95. The Morgan fingerprint density at radius 3 is 2.91 bits per heavy atom. The Labute approximate surface area is 146 Å². The first-order chi connectivity index (χ1) is 10.2. The molecule has 2 aromatic heterocycles. The highest BCUT2D eigenvalue weighted by Gasteiger charge is 2.24. The number of hydrogen-bond donors (Lipinski definition) is 2. The molecule has 8 nitrogen and oxygen atoms in total. The van der Waals surface area contributed by atoms with Crippen LogP contribution in [-0.4, -0.2) is 70.0 Å². The van der Waals surface area contributed by atoms with Crippen molar-refractivity contribution in [2.24, 2.45) is 0 Å². The van der Waals surface area contributed by atoms with Gasteiger partial charge in [-0.25, -0.2) is 15.0 Å². The monoisotopic (exact) mass is 361 g/mol. The number of piperazine rings is 1. The van der Waals surface area contributed by atoms with Crippen molar-refractivity contribution < 1.29 is 4.79 Å². The van der Waals surface area contributed by atoms with Crippen molar-refractivity contribution in [2.45, 2.75) is 13.0 Å². The van der Waals surface area contributed by atoms with Crippen LogP contribution < -0.4 is 10.2 Å². The van der Waals surface area contributed by atoms with Gasteiger partial charge in [-0.1, -0.05) is 0 Å². The number of imidazole rings is 1. The predicted octanol–water partition coefficient (Wildman–Crippen LogP) is 0.453. The maximum atomic E-state index is 12.5. The van der Waals surface area contributed by atoms with Crippen LogP contribution in [0.15, 0.2) is 12.7 Å². The zero-order chi connectivity index (χ0) is 14.8. The average molecular weight is 362 g/mol. The number of amides is 1. The molecule has 0 bridgehead atoms. The number of aromatic nitrogens is 4. The number of H-pyrrole nitrogens is 1. The molecule has 0 spiro atoms. The summed E-state index contributed by atoms with van der Waals surface area (Å²) in [6.45, 7) is 4.78. The minimum Gasteiger partial charge on any atom is -0.348 e. The van der Waals surface area contributed by atoms with Gasteiger partial charge in [0.2, 0.25) is 5.91 Å². The summed E-state index contributed by atoms with van der Waals surface area (Å²) < 4.78 is 0. The number of nitrogens with one attached hydrogen (secondary N) is 2. The van der Waals surface area contributed by atoms with Crippen LogP contribution in [-0.2, 0) is 4.79 Å². The quantitative estimate of drug-likeness (QED) is 0.824. The predicted molar refractivity (Wildman–Crippen MR) is 93.5 cm³/mol. The second kappa shape index (κ2) is 8.28. The number of carbonyl (C=O) groups is 1. The standard InChI is InChI=1S/C13H19N7O.2ClH/c1-9-5-14-3-4-20(9)10(21)6-19(2)13-11-12(16-7-15-11)17-8-18-13;;/h7-9,14H,3-6H2,1-2H3,(H,15,16,17,18);2*1H/t9-;;/m0../s1. The molecule has 0 unspecified atom stereocenters. The second-order valence-electron chi connectivity index (χ2n) is 5.29. The number of hydrogen-bond acceptors (Lipinski definition) is 6. The third kappa shape index (κ3) is 4.01. The van der Waals surface area contributed by atoms with Gasteiger partial charge in [-0.3, -0.25) is 4.79 Å². The number of likely N-dealkylation sites (N-methyl/N-ethyl adjacent to an activating group) is 1. The SMILES string of the molecule is C[C@H]1CNCCN1C(=O)CN(C)c1ncnc2nc[nH]c12.Cl.Cl. The summed E-state index contributed by atoms with van der Waals surface area (Å²) in [5.41, 5.74) is 1.36. The number of carbonyl (C=O) groups excluding carboxylic acids is 1. The molecule has 128 valence electrons. The number of rotatable bonds is 3. The molecule has 1 aliphatic rings. The summed E-state index contributed by atoms with van der Waals surface area (Å²) in [5, 5.41) is 3.28. The van der Waals surface area contributed by atoms with Gasteiger partial charge < -0.3 is 20.1 Å². The highest BCUT2D eigenvalue weighted by atomic mass is 35.5. The van der Waals surface area contributed by atoms with E-state index < -0.39 is 0 Å². The molecule has 0 radical (unpaired) electrons. The molecule has 3 rings (SSSR count). The van der Waals surface area contributed by atoms with E-state index in [9.17, 15) is 4.79 Å². The largest absolute Gasteiger partial charge is 0.348 e. The number of nitrogens with zero attached hydrogens (tertiary/aromatic N) is 5. The molecule has 3 heterocycles. The molecule has 1 saturated heterocycles. The Bertz CT molecular complexity index is 650. The van der Waals surface area contributed by atoms with Crippen molar-refractivity contribution in [1.29, 1.82) is 0 Å². The lowest BCUT2D eigenvalue weighted by Gasteiger charge is -2.35. The highest BCUT2D eigenvalue weighted by molar-refractivity contribution is 5.87. The Morgan fingerprint density at radius 1 is 1.39 bits per heavy atom. The van der Waals surface area contributed by atoms with Crippen LogP contribution in [0.5, 0.6) is 0 Å². The number of aromatic amines is 1. The fourth-order valence-corrected chi connectivity index (χ4v) is 2.62. The molecule has 1 atom stereocenters. The normalized spacial score (nSPS) is 17.3. The first-order valence-corrected chi connectivity index (χ1v) is 7.02. The van der Waals surface area contributed by atoms with Crippen LogP contribution in [0, 0.1) is 0 Å². The highest BCUT2D eigenvalue weighted by Crippen LogP contribution is 2.18. The summed E-state index contributed by atoms with van der Waals surface area (Å²) in [7, 11) is 1.85. The molecule has 1 aliphatic heterocycles. The van der Waals surface area contributed by atoms with E-state index in [1.165, 1.54) is 6.33 Å². The van der Waals surface area contributed by atoms with E-state index in [0.717, 1.165) is 25.2 Å². The van der Waals surface area contributed by atoms with Crippen molar-refractivity contribution in [1.82, 2.24) is 30.2 Å². The van der Waals surface area contributed by atoms with Gasteiger partial charge in [0.1, 0.15) is 11.8 Å². The Hall–Kier alpha value is -1.64. The lowest BCUT2D eigenvalue weighted by Crippen LogP contribution is -2.54. The van der Waals surface area contributed by atoms with E-state index in [1.807, 2.05) is 16.8 Å². The van der Waals surface area contributed by atoms with Crippen molar-refractivity contribution in [3.8, 4) is 0 Å². The summed E-state index contributed by atoms with van der Waals surface area (Å²) >= 11 is 0. The molecular formula is C13H21Cl2N7O. The number of anilines is 1. The van der Waals surface area contributed by atoms with Crippen LogP contribution >= 0.6 is 24.8 Å². The fourth-order valence-electron chi connectivity index (χ4n) is 2.62. The molecule has 23 heavy (non-hydrogen) atoms. The van der Waals surface area contributed by atoms with Gasteiger partial charge in [0.15, 0.2) is 11.5 Å². The summed E-state index contributed by atoms with van der Waals surface area (Å²) in [4.78, 5) is 31.7. The van der Waals surface area contributed by atoms with Crippen molar-refractivity contribution >= 4 is 47.7 Å². The van der Waals surface area contributed by atoms with Crippen LogP contribution in [0.2, 0.25) is 0 Å². The molecule has 10 heteroatoms. The van der Waals surface area contributed by atoms with Gasteiger partial charge in [-0.2, -0.15) is 0 Å². The van der Waals surface area contributed by atoms with Gasteiger partial charge in [0.25, 0.3) is 0 Å². The smallest absolute Gasteiger partial charge is 0.242 e. The zero-order valence-electron chi connectivity index (χ0n) is 13.0. The molecule has 1 amide bonds. The minimum absolute atomic E-state index is 0. The molecule has 2 aromatic rings. The van der Waals surface area contributed by atoms with Crippen LogP contribution in [0.1, 0.15) is 6.92 Å². The van der Waals surface area contributed by atoms with Crippen LogP contribution in [0.25, 0.3) is 11.2 Å². The summed E-state index contributed by atoms with van der Waals surface area (Å²) in [6, 6.07) is 0.220. The Morgan fingerprint density at radius 2 is 2.17 bits per heavy atom. The van der Waals surface area contributed by atoms with Crippen LogP contribution in [0.3, 0.4) is 0 Å². The lowest BCUT2D eigenvalue weighted by molar-refractivity contribution is -0.132. The molecular weight excluding hydrogens is 341 g/mol. The van der Waals surface area contributed by atoms with E-state index in [-0.39, 0.29) is 43.3 Å². The van der Waals surface area contributed by atoms with Crippen molar-refractivity contribution in [2.75, 3.05) is 38.1 Å². The topological polar surface area (TPSA) is 90.0 Å². The minimum atomic E-state index is 0. The van der Waals surface area contributed by atoms with Gasteiger partial charge in [-0.05, 0) is 6.92 Å². The van der Waals surface area contributed by atoms with Crippen molar-refractivity contribution in [3.63, 3.8) is 0 Å². The second-order valence-corrected chi connectivity index (χ2v) is 5.29. The van der Waals surface area contributed by atoms with E-state index in [4.69, 9.17) is 0 Å². The Kier molecular flexibility index (Phi) is 6.99. The zero-order valence-corrected chi connectivity index (χ0v) is 14.7. The summed E-state index contributed by atoms with van der Waals surface area (Å²) in [5.74, 6) is 0.798. The fraction of sp³-hybridized carbons (Fsp3) is 0.538. The van der Waals surface area contributed by atoms with E-state index in [1.54, 1.807) is 6.33 Å². The van der Waals surface area contributed by atoms with Gasteiger partial charge in [-0.15, -0.1) is 24.8 Å². The van der Waals surface area contributed by atoms with Gasteiger partial charge in [0.05, 0.1) is 12.9 Å². The summed E-state index contributed by atoms with van der Waals surface area (Å²) in [6.07, 6.45) is 3.05. The first-order valence-electron chi connectivity index (χ1n) is 7.02. The Balaban J connectivity index is 0.00000132.